The van der Waals surface area contributed by atoms with E-state index in [2.05, 4.69) is 45.0 Å². The topological polar surface area (TPSA) is 49.8 Å². The molecule has 0 aromatic heterocycles. The van der Waals surface area contributed by atoms with Crippen LogP contribution in [0.3, 0.4) is 0 Å². The number of rotatable bonds is 5. The fraction of sp³-hybridized carbons (Fsp3) is 0.682. The summed E-state index contributed by atoms with van der Waals surface area (Å²) in [6, 6.07) is 8.18. The Morgan fingerprint density at radius 3 is 2.81 bits per heavy atom. The van der Waals surface area contributed by atoms with Crippen molar-refractivity contribution in [1.29, 1.82) is 0 Å². The van der Waals surface area contributed by atoms with Crippen LogP contribution < -0.4 is 0 Å². The number of benzene rings is 1. The number of carboxylic acid groups (broad SMARTS) is 1. The first kappa shape index (κ1) is 18.0. The molecule has 3 aliphatic rings. The summed E-state index contributed by atoms with van der Waals surface area (Å²) in [4.78, 5) is 17.4. The number of hydroxylamine groups is 2. The van der Waals surface area contributed by atoms with Gasteiger partial charge in [-0.3, -0.25) is 9.63 Å². The van der Waals surface area contributed by atoms with Crippen molar-refractivity contribution in [3.8, 4) is 0 Å². The summed E-state index contributed by atoms with van der Waals surface area (Å²) < 4.78 is 0. The van der Waals surface area contributed by atoms with Gasteiger partial charge in [0, 0.05) is 12.0 Å². The number of hydrogen-bond donors (Lipinski definition) is 1. The van der Waals surface area contributed by atoms with Crippen LogP contribution in [0, 0.1) is 17.3 Å². The molecule has 3 unspecified atom stereocenters. The van der Waals surface area contributed by atoms with E-state index in [1.165, 1.54) is 30.4 Å². The molecule has 1 heterocycles. The van der Waals surface area contributed by atoms with Crippen LogP contribution in [0.15, 0.2) is 24.3 Å². The van der Waals surface area contributed by atoms with Gasteiger partial charge in [-0.1, -0.05) is 51.5 Å². The Bertz CT molecular complexity index is 700. The third kappa shape index (κ3) is 2.61. The van der Waals surface area contributed by atoms with Crippen LogP contribution in [0.5, 0.6) is 0 Å². The van der Waals surface area contributed by atoms with Crippen molar-refractivity contribution in [2.24, 2.45) is 17.3 Å². The van der Waals surface area contributed by atoms with Crippen molar-refractivity contribution in [2.75, 3.05) is 6.54 Å². The molecule has 0 bridgehead atoms. The monoisotopic (exact) mass is 357 g/mol. The molecule has 4 atom stereocenters. The van der Waals surface area contributed by atoms with E-state index in [0.717, 1.165) is 18.3 Å². The van der Waals surface area contributed by atoms with Crippen LogP contribution in [-0.4, -0.2) is 28.7 Å². The number of nitrogens with zero attached hydrogens (tertiary/aromatic N) is 1. The molecule has 0 amide bonds. The van der Waals surface area contributed by atoms with Crippen LogP contribution >= 0.6 is 0 Å². The first-order chi connectivity index (χ1) is 12.4. The number of aliphatic carboxylic acids is 1. The van der Waals surface area contributed by atoms with Crippen LogP contribution in [0.2, 0.25) is 0 Å². The first-order valence-electron chi connectivity index (χ1n) is 10.1. The standard InChI is InChI=1S/C22H31NO3/c1-15-10-11-19-21(2,3)22(19,13-15)17-8-5-4-7-16(17)14-26-23-12-6-9-18(23)20(24)25/h4-5,7-8,15,18-19H,6,9-14H2,1-3H3,(H,24,25)/t15?,18-,19?,22?/m0/s1. The summed E-state index contributed by atoms with van der Waals surface area (Å²) in [5.41, 5.74) is 3.27. The van der Waals surface area contributed by atoms with E-state index in [-0.39, 0.29) is 5.41 Å². The number of fused-ring (bicyclic) bond motifs is 1. The van der Waals surface area contributed by atoms with Gasteiger partial charge in [-0.25, -0.2) is 0 Å². The SMILES string of the molecule is CC1CCC2C(C)(C)C2(c2ccccc2CON2CCC[C@H]2C(=O)O)C1. The molecule has 0 spiro atoms. The van der Waals surface area contributed by atoms with Crippen molar-refractivity contribution >= 4 is 5.97 Å². The maximum Gasteiger partial charge on any atom is 0.323 e. The van der Waals surface area contributed by atoms with Crippen molar-refractivity contribution in [2.45, 2.75) is 70.9 Å². The zero-order valence-electron chi connectivity index (χ0n) is 16.2. The Labute approximate surface area is 156 Å². The fourth-order valence-corrected chi connectivity index (χ4v) is 6.10. The lowest BCUT2D eigenvalue weighted by molar-refractivity contribution is -0.192. The minimum absolute atomic E-state index is 0.266. The van der Waals surface area contributed by atoms with Gasteiger partial charge in [0.1, 0.15) is 6.04 Å². The Morgan fingerprint density at radius 2 is 2.04 bits per heavy atom. The lowest BCUT2D eigenvalue weighted by Gasteiger charge is -2.31. The normalized spacial score (nSPS) is 35.9. The minimum Gasteiger partial charge on any atom is -0.480 e. The van der Waals surface area contributed by atoms with Gasteiger partial charge in [-0.05, 0) is 54.1 Å². The molecule has 4 nitrogen and oxygen atoms in total. The van der Waals surface area contributed by atoms with E-state index < -0.39 is 12.0 Å². The molecule has 1 N–H and O–H groups in total. The van der Waals surface area contributed by atoms with E-state index in [4.69, 9.17) is 4.84 Å². The molecule has 1 saturated heterocycles. The summed E-state index contributed by atoms with van der Waals surface area (Å²) in [5.74, 6) is 0.738. The summed E-state index contributed by atoms with van der Waals surface area (Å²) in [6.07, 6.45) is 5.46. The Balaban J connectivity index is 1.57. The highest BCUT2D eigenvalue weighted by molar-refractivity contribution is 5.73. The molecular formula is C22H31NO3. The summed E-state index contributed by atoms with van der Waals surface area (Å²) in [6.45, 7) is 8.41. The quantitative estimate of drug-likeness (QED) is 0.849. The van der Waals surface area contributed by atoms with Crippen molar-refractivity contribution in [3.05, 3.63) is 35.4 Å². The van der Waals surface area contributed by atoms with E-state index in [9.17, 15) is 9.90 Å². The number of carboxylic acids is 1. The van der Waals surface area contributed by atoms with E-state index >= 15 is 0 Å². The smallest absolute Gasteiger partial charge is 0.323 e. The second kappa shape index (κ2) is 6.35. The highest BCUT2D eigenvalue weighted by atomic mass is 16.7. The highest BCUT2D eigenvalue weighted by Crippen LogP contribution is 2.76. The average molecular weight is 357 g/mol. The lowest BCUT2D eigenvalue weighted by atomic mass is 9.74. The van der Waals surface area contributed by atoms with Gasteiger partial charge in [-0.2, -0.15) is 5.06 Å². The maximum atomic E-state index is 11.4. The van der Waals surface area contributed by atoms with Gasteiger partial charge in [0.05, 0.1) is 6.61 Å². The van der Waals surface area contributed by atoms with Gasteiger partial charge in [-0.15, -0.1) is 0 Å². The number of carbonyl (C=O) groups is 1. The summed E-state index contributed by atoms with van der Waals surface area (Å²) in [5, 5.41) is 11.0. The molecule has 26 heavy (non-hydrogen) atoms. The highest BCUT2D eigenvalue weighted by Gasteiger charge is 2.72. The zero-order valence-corrected chi connectivity index (χ0v) is 16.2. The van der Waals surface area contributed by atoms with Crippen LogP contribution in [-0.2, 0) is 21.7 Å². The van der Waals surface area contributed by atoms with Crippen molar-refractivity contribution in [1.82, 2.24) is 5.06 Å². The lowest BCUT2D eigenvalue weighted by Crippen LogP contribution is -2.36. The van der Waals surface area contributed by atoms with Crippen molar-refractivity contribution < 1.29 is 14.7 Å². The molecule has 1 aromatic carbocycles. The summed E-state index contributed by atoms with van der Waals surface area (Å²) in [7, 11) is 0. The Hall–Kier alpha value is -1.39. The van der Waals surface area contributed by atoms with Crippen LogP contribution in [0.1, 0.15) is 64.0 Å². The second-order valence-electron chi connectivity index (χ2n) is 9.20. The van der Waals surface area contributed by atoms with E-state index in [1.807, 2.05) is 0 Å². The predicted octanol–water partition coefficient (Wildman–Crippen LogP) is 4.38. The molecule has 2 saturated carbocycles. The average Bonchev–Trinajstić information content (AvgIpc) is 2.93. The van der Waals surface area contributed by atoms with Gasteiger partial charge in [0.2, 0.25) is 0 Å². The third-order valence-corrected chi connectivity index (χ3v) is 7.52. The molecular weight excluding hydrogens is 326 g/mol. The van der Waals surface area contributed by atoms with Gasteiger partial charge in [0.15, 0.2) is 0 Å². The zero-order chi connectivity index (χ0) is 18.5. The maximum absolute atomic E-state index is 11.4. The molecule has 0 radical (unpaired) electrons. The minimum atomic E-state index is -0.779. The van der Waals surface area contributed by atoms with Crippen LogP contribution in [0.25, 0.3) is 0 Å². The van der Waals surface area contributed by atoms with Gasteiger partial charge >= 0.3 is 5.97 Å². The summed E-state index contributed by atoms with van der Waals surface area (Å²) >= 11 is 0. The van der Waals surface area contributed by atoms with Gasteiger partial charge < -0.3 is 5.11 Å². The molecule has 142 valence electrons. The molecule has 2 aliphatic carbocycles. The second-order valence-corrected chi connectivity index (χ2v) is 9.20. The molecule has 1 aliphatic heterocycles. The first-order valence-corrected chi connectivity index (χ1v) is 10.1. The van der Waals surface area contributed by atoms with E-state index in [1.54, 1.807) is 5.06 Å². The Morgan fingerprint density at radius 1 is 1.27 bits per heavy atom. The van der Waals surface area contributed by atoms with Gasteiger partial charge in [0.25, 0.3) is 0 Å². The largest absolute Gasteiger partial charge is 0.480 e. The van der Waals surface area contributed by atoms with Crippen molar-refractivity contribution in [3.63, 3.8) is 0 Å². The Kier molecular flexibility index (Phi) is 4.39. The van der Waals surface area contributed by atoms with Crippen LogP contribution in [0.4, 0.5) is 0 Å². The third-order valence-electron chi connectivity index (χ3n) is 7.52. The molecule has 4 heteroatoms. The fourth-order valence-electron chi connectivity index (χ4n) is 6.10. The molecule has 3 fully saturated rings. The number of hydrogen-bond acceptors (Lipinski definition) is 3. The predicted molar refractivity (Wildman–Crippen MR) is 101 cm³/mol. The molecule has 4 rings (SSSR count). The molecule has 1 aromatic rings. The van der Waals surface area contributed by atoms with E-state index in [0.29, 0.717) is 25.0 Å².